The molecule has 0 aromatic carbocycles. The summed E-state index contributed by atoms with van der Waals surface area (Å²) in [5.41, 5.74) is 6.04. The fourth-order valence-electron chi connectivity index (χ4n) is 3.00. The van der Waals surface area contributed by atoms with Crippen LogP contribution in [0.1, 0.15) is 32.6 Å². The van der Waals surface area contributed by atoms with Crippen LogP contribution in [-0.4, -0.2) is 41.1 Å². The van der Waals surface area contributed by atoms with E-state index in [1.54, 1.807) is 0 Å². The molecule has 2 aliphatic rings. The highest BCUT2D eigenvalue weighted by atomic mass is 32.2. The molecule has 2 atom stereocenters. The first-order valence-electron chi connectivity index (χ1n) is 5.90. The van der Waals surface area contributed by atoms with Crippen LogP contribution in [0.25, 0.3) is 0 Å². The number of nitrogens with zero attached hydrogens (tertiary/aromatic N) is 1. The number of hydrogen-bond donors (Lipinski definition) is 1. The van der Waals surface area contributed by atoms with Gasteiger partial charge in [0.15, 0.2) is 0 Å². The fourth-order valence-corrected chi connectivity index (χ4v) is 3.62. The fraction of sp³-hybridized carbons (Fsp3) is 1.00. The Labute approximate surface area is 91.6 Å². The second-order valence-electron chi connectivity index (χ2n) is 4.55. The topological polar surface area (TPSA) is 29.3 Å². The SMILES string of the molecule is CCSCCN1C2CCC1CC(N)C2. The van der Waals surface area contributed by atoms with Crippen LogP contribution in [0.15, 0.2) is 0 Å². The van der Waals surface area contributed by atoms with Crippen LogP contribution < -0.4 is 5.73 Å². The van der Waals surface area contributed by atoms with Crippen molar-refractivity contribution in [1.29, 1.82) is 0 Å². The van der Waals surface area contributed by atoms with Crippen molar-refractivity contribution in [2.75, 3.05) is 18.1 Å². The number of thioether (sulfide) groups is 1. The van der Waals surface area contributed by atoms with Gasteiger partial charge in [0.05, 0.1) is 0 Å². The van der Waals surface area contributed by atoms with Gasteiger partial charge in [-0.15, -0.1) is 0 Å². The summed E-state index contributed by atoms with van der Waals surface area (Å²) in [4.78, 5) is 2.73. The summed E-state index contributed by atoms with van der Waals surface area (Å²) in [6.07, 6.45) is 5.28. The third-order valence-electron chi connectivity index (χ3n) is 3.62. The first kappa shape index (κ1) is 10.8. The molecule has 2 N–H and O–H groups in total. The Morgan fingerprint density at radius 2 is 1.93 bits per heavy atom. The van der Waals surface area contributed by atoms with Crippen LogP contribution in [0.4, 0.5) is 0 Å². The molecule has 0 aromatic rings. The van der Waals surface area contributed by atoms with Crippen molar-refractivity contribution in [3.8, 4) is 0 Å². The Bertz CT molecular complexity index is 172. The van der Waals surface area contributed by atoms with E-state index in [4.69, 9.17) is 5.73 Å². The Morgan fingerprint density at radius 3 is 2.50 bits per heavy atom. The molecule has 82 valence electrons. The summed E-state index contributed by atoms with van der Waals surface area (Å²) in [5.74, 6) is 2.56. The largest absolute Gasteiger partial charge is 0.328 e. The summed E-state index contributed by atoms with van der Waals surface area (Å²) in [6, 6.07) is 2.13. The minimum absolute atomic E-state index is 0.488. The van der Waals surface area contributed by atoms with Crippen molar-refractivity contribution in [2.24, 2.45) is 5.73 Å². The molecule has 2 fully saturated rings. The van der Waals surface area contributed by atoms with E-state index in [9.17, 15) is 0 Å². The molecule has 2 heterocycles. The molecule has 2 aliphatic heterocycles. The molecule has 0 saturated carbocycles. The summed E-state index contributed by atoms with van der Waals surface area (Å²) in [6.45, 7) is 3.53. The van der Waals surface area contributed by atoms with Gasteiger partial charge in [-0.1, -0.05) is 6.92 Å². The average molecular weight is 214 g/mol. The predicted molar refractivity (Wildman–Crippen MR) is 63.7 cm³/mol. The number of rotatable bonds is 4. The van der Waals surface area contributed by atoms with E-state index >= 15 is 0 Å². The van der Waals surface area contributed by atoms with E-state index < -0.39 is 0 Å². The lowest BCUT2D eigenvalue weighted by molar-refractivity contribution is 0.137. The van der Waals surface area contributed by atoms with Crippen molar-refractivity contribution in [3.63, 3.8) is 0 Å². The van der Waals surface area contributed by atoms with Crippen molar-refractivity contribution in [3.05, 3.63) is 0 Å². The van der Waals surface area contributed by atoms with E-state index in [-0.39, 0.29) is 0 Å². The van der Waals surface area contributed by atoms with E-state index in [0.29, 0.717) is 6.04 Å². The smallest absolute Gasteiger partial charge is 0.0114 e. The second-order valence-corrected chi connectivity index (χ2v) is 5.95. The van der Waals surface area contributed by atoms with E-state index in [1.807, 2.05) is 0 Å². The number of nitrogens with two attached hydrogens (primary N) is 1. The molecule has 2 saturated heterocycles. The van der Waals surface area contributed by atoms with Crippen LogP contribution in [0.5, 0.6) is 0 Å². The molecule has 0 spiro atoms. The van der Waals surface area contributed by atoms with Crippen molar-refractivity contribution in [1.82, 2.24) is 4.90 Å². The molecule has 2 rings (SSSR count). The Balaban J connectivity index is 1.82. The van der Waals surface area contributed by atoms with Crippen molar-refractivity contribution in [2.45, 2.75) is 50.7 Å². The summed E-state index contributed by atoms with van der Waals surface area (Å²) < 4.78 is 0. The predicted octanol–water partition coefficient (Wildman–Crippen LogP) is 1.69. The van der Waals surface area contributed by atoms with Gasteiger partial charge in [0.1, 0.15) is 0 Å². The lowest BCUT2D eigenvalue weighted by atomic mass is 9.98. The van der Waals surface area contributed by atoms with Gasteiger partial charge < -0.3 is 5.73 Å². The van der Waals surface area contributed by atoms with Gasteiger partial charge in [-0.2, -0.15) is 11.8 Å². The third-order valence-corrected chi connectivity index (χ3v) is 4.50. The summed E-state index contributed by atoms with van der Waals surface area (Å²) >= 11 is 2.06. The molecule has 3 heteroatoms. The monoisotopic (exact) mass is 214 g/mol. The zero-order valence-corrected chi connectivity index (χ0v) is 9.93. The maximum Gasteiger partial charge on any atom is 0.0114 e. The standard InChI is InChI=1S/C11H22N2S/c1-2-14-6-5-13-10-3-4-11(13)8-9(12)7-10/h9-11H,2-8,12H2,1H3. The van der Waals surface area contributed by atoms with E-state index in [2.05, 4.69) is 23.6 Å². The van der Waals surface area contributed by atoms with Gasteiger partial charge in [0.25, 0.3) is 0 Å². The van der Waals surface area contributed by atoms with Gasteiger partial charge in [0.2, 0.25) is 0 Å². The molecular weight excluding hydrogens is 192 g/mol. The highest BCUT2D eigenvalue weighted by Gasteiger charge is 2.38. The first-order valence-corrected chi connectivity index (χ1v) is 7.05. The number of hydrogen-bond acceptors (Lipinski definition) is 3. The summed E-state index contributed by atoms with van der Waals surface area (Å²) in [7, 11) is 0. The lowest BCUT2D eigenvalue weighted by Gasteiger charge is -2.37. The molecule has 0 amide bonds. The Morgan fingerprint density at radius 1 is 1.29 bits per heavy atom. The molecule has 14 heavy (non-hydrogen) atoms. The van der Waals surface area contributed by atoms with Crippen LogP contribution in [0.3, 0.4) is 0 Å². The lowest BCUT2D eigenvalue weighted by Crippen LogP contribution is -2.48. The molecule has 0 radical (unpaired) electrons. The molecule has 0 aliphatic carbocycles. The number of fused-ring (bicyclic) bond motifs is 2. The van der Waals surface area contributed by atoms with Gasteiger partial charge in [-0.3, -0.25) is 4.90 Å². The minimum Gasteiger partial charge on any atom is -0.328 e. The quantitative estimate of drug-likeness (QED) is 0.722. The van der Waals surface area contributed by atoms with Crippen LogP contribution in [0, 0.1) is 0 Å². The molecule has 2 nitrogen and oxygen atoms in total. The highest BCUT2D eigenvalue weighted by Crippen LogP contribution is 2.34. The summed E-state index contributed by atoms with van der Waals surface area (Å²) in [5, 5.41) is 0. The van der Waals surface area contributed by atoms with Gasteiger partial charge >= 0.3 is 0 Å². The van der Waals surface area contributed by atoms with E-state index in [1.165, 1.54) is 43.7 Å². The molecular formula is C11H22N2S. The van der Waals surface area contributed by atoms with Gasteiger partial charge in [0, 0.05) is 30.4 Å². The maximum absolute atomic E-state index is 6.04. The van der Waals surface area contributed by atoms with Crippen molar-refractivity contribution >= 4 is 11.8 Å². The molecule has 0 aromatic heterocycles. The zero-order valence-electron chi connectivity index (χ0n) is 9.11. The molecule has 2 bridgehead atoms. The third kappa shape index (κ3) is 2.26. The second kappa shape index (κ2) is 4.86. The highest BCUT2D eigenvalue weighted by molar-refractivity contribution is 7.99. The molecule has 2 unspecified atom stereocenters. The van der Waals surface area contributed by atoms with Gasteiger partial charge in [-0.05, 0) is 31.4 Å². The van der Waals surface area contributed by atoms with Crippen LogP contribution in [-0.2, 0) is 0 Å². The Kier molecular flexibility index (Phi) is 3.74. The number of piperidine rings is 1. The van der Waals surface area contributed by atoms with Gasteiger partial charge in [-0.25, -0.2) is 0 Å². The zero-order chi connectivity index (χ0) is 9.97. The maximum atomic E-state index is 6.04. The van der Waals surface area contributed by atoms with E-state index in [0.717, 1.165) is 12.1 Å². The first-order chi connectivity index (χ1) is 6.81. The van der Waals surface area contributed by atoms with Crippen LogP contribution in [0.2, 0.25) is 0 Å². The van der Waals surface area contributed by atoms with Crippen molar-refractivity contribution < 1.29 is 0 Å². The Hall–Kier alpha value is 0.270. The minimum atomic E-state index is 0.488. The average Bonchev–Trinajstić information content (AvgIpc) is 2.42. The van der Waals surface area contributed by atoms with Crippen LogP contribution >= 0.6 is 11.8 Å². The normalized spacial score (nSPS) is 37.7.